The molecule has 0 unspecified atom stereocenters. The molecule has 7 heteroatoms. The number of hydrazine groups is 1. The number of nitrogen functional groups attached to an aromatic ring is 1. The summed E-state index contributed by atoms with van der Waals surface area (Å²) in [5, 5.41) is 0. The van der Waals surface area contributed by atoms with Crippen LogP contribution in [0.1, 0.15) is 20.7 Å². The first-order valence-corrected chi connectivity index (χ1v) is 6.68. The number of nitrogens with one attached hydrogen (secondary N) is 1. The van der Waals surface area contributed by atoms with Crippen LogP contribution in [0.2, 0.25) is 0 Å². The number of nitrogens with two attached hydrogens (primary N) is 1. The topological polar surface area (TPSA) is 76.1 Å². The van der Waals surface area contributed by atoms with Gasteiger partial charge in [-0.1, -0.05) is 28.1 Å². The van der Waals surface area contributed by atoms with E-state index in [1.165, 1.54) is 0 Å². The lowest BCUT2D eigenvalue weighted by molar-refractivity contribution is -0.683. The summed E-state index contributed by atoms with van der Waals surface area (Å²) in [6.45, 7) is 0.214. The SMILES string of the molecule is NNC(=O)c1cc[n+](CC(=O)c2ccc(Br)cc2)cc1.[Br-]. The standard InChI is InChI=1S/C14H12BrN3O2.BrH/c15-12-3-1-10(2-4-12)13(19)9-18-7-5-11(6-8-18)14(20)17-16;/h1-8,16,20H,9H2;1H. The van der Waals surface area contributed by atoms with Gasteiger partial charge >= 0.3 is 0 Å². The summed E-state index contributed by atoms with van der Waals surface area (Å²) in [5.74, 6) is 4.68. The van der Waals surface area contributed by atoms with Gasteiger partial charge in [0.15, 0.2) is 12.4 Å². The third-order valence-electron chi connectivity index (χ3n) is 2.78. The van der Waals surface area contributed by atoms with Crippen molar-refractivity contribution in [2.24, 2.45) is 5.84 Å². The van der Waals surface area contributed by atoms with E-state index in [2.05, 4.69) is 21.4 Å². The molecule has 0 saturated heterocycles. The average molecular weight is 415 g/mol. The van der Waals surface area contributed by atoms with Crippen LogP contribution in [0.5, 0.6) is 0 Å². The molecular formula is C14H13Br2N3O2. The molecule has 2 aromatic rings. The van der Waals surface area contributed by atoms with Gasteiger partial charge in [0.2, 0.25) is 12.3 Å². The number of rotatable bonds is 4. The van der Waals surface area contributed by atoms with E-state index in [4.69, 9.17) is 5.84 Å². The van der Waals surface area contributed by atoms with Gasteiger partial charge in [-0.05, 0) is 12.1 Å². The van der Waals surface area contributed by atoms with Crippen LogP contribution in [0.4, 0.5) is 0 Å². The molecule has 1 amide bonds. The van der Waals surface area contributed by atoms with Crippen LogP contribution in [0.15, 0.2) is 53.3 Å². The van der Waals surface area contributed by atoms with Gasteiger partial charge in [-0.25, -0.2) is 5.84 Å². The van der Waals surface area contributed by atoms with Crippen LogP contribution < -0.4 is 32.8 Å². The summed E-state index contributed by atoms with van der Waals surface area (Å²) < 4.78 is 2.64. The normalized spacial score (nSPS) is 9.62. The number of Topliss-reactive ketones (excluding diaryl/α,β-unsaturated/α-hetero) is 1. The van der Waals surface area contributed by atoms with Crippen LogP contribution in [-0.4, -0.2) is 11.7 Å². The molecule has 0 saturated carbocycles. The number of carbonyl (C=O) groups is 2. The minimum atomic E-state index is -0.364. The van der Waals surface area contributed by atoms with Crippen molar-refractivity contribution in [1.82, 2.24) is 5.43 Å². The number of pyridine rings is 1. The molecule has 5 nitrogen and oxygen atoms in total. The van der Waals surface area contributed by atoms with E-state index in [0.717, 1.165) is 4.47 Å². The Hall–Kier alpha value is -1.57. The van der Waals surface area contributed by atoms with Crippen molar-refractivity contribution in [3.05, 3.63) is 64.4 Å². The Kier molecular flexibility index (Phi) is 6.67. The molecule has 3 N–H and O–H groups in total. The summed E-state index contributed by atoms with van der Waals surface area (Å²) in [6.07, 6.45) is 3.34. The second-order valence-electron chi connectivity index (χ2n) is 4.16. The fourth-order valence-electron chi connectivity index (χ4n) is 1.69. The van der Waals surface area contributed by atoms with Crippen LogP contribution in [0, 0.1) is 0 Å². The van der Waals surface area contributed by atoms with Gasteiger partial charge in [-0.3, -0.25) is 15.0 Å². The van der Waals surface area contributed by atoms with Gasteiger partial charge in [0.1, 0.15) is 0 Å². The highest BCUT2D eigenvalue weighted by Gasteiger charge is 2.13. The number of carbonyl (C=O) groups excluding carboxylic acids is 2. The maximum Gasteiger partial charge on any atom is 0.265 e. The predicted molar refractivity (Wildman–Crippen MR) is 76.8 cm³/mol. The molecule has 0 spiro atoms. The Morgan fingerprint density at radius 2 is 1.62 bits per heavy atom. The van der Waals surface area contributed by atoms with Crippen molar-refractivity contribution in [2.75, 3.05) is 0 Å². The van der Waals surface area contributed by atoms with E-state index < -0.39 is 0 Å². The molecular weight excluding hydrogens is 402 g/mol. The third kappa shape index (κ3) is 4.73. The zero-order valence-corrected chi connectivity index (χ0v) is 14.1. The summed E-state index contributed by atoms with van der Waals surface area (Å²) >= 11 is 3.33. The van der Waals surface area contributed by atoms with Crippen molar-refractivity contribution in [1.29, 1.82) is 0 Å². The van der Waals surface area contributed by atoms with Gasteiger partial charge in [-0.2, -0.15) is 4.57 Å². The quantitative estimate of drug-likeness (QED) is 0.204. The van der Waals surface area contributed by atoms with Crippen molar-refractivity contribution in [3.8, 4) is 0 Å². The molecule has 1 heterocycles. The maximum atomic E-state index is 12.1. The molecule has 0 bridgehead atoms. The number of hydrogen-bond donors (Lipinski definition) is 2. The molecule has 0 aliphatic heterocycles. The number of amides is 1. The number of ketones is 1. The highest BCUT2D eigenvalue weighted by molar-refractivity contribution is 9.10. The number of hydrogen-bond acceptors (Lipinski definition) is 3. The lowest BCUT2D eigenvalue weighted by Gasteiger charge is -2.00. The molecule has 110 valence electrons. The highest BCUT2D eigenvalue weighted by atomic mass is 79.9. The number of halogens is 2. The summed E-state index contributed by atoms with van der Waals surface area (Å²) in [4.78, 5) is 23.3. The monoisotopic (exact) mass is 413 g/mol. The van der Waals surface area contributed by atoms with E-state index in [9.17, 15) is 9.59 Å². The first kappa shape index (κ1) is 17.5. The fraction of sp³-hybridized carbons (Fsp3) is 0.0714. The molecule has 1 aromatic heterocycles. The lowest BCUT2D eigenvalue weighted by atomic mass is 10.1. The Balaban J connectivity index is 0.00000220. The largest absolute Gasteiger partial charge is 1.00 e. The van der Waals surface area contributed by atoms with Crippen molar-refractivity contribution in [2.45, 2.75) is 6.54 Å². The second-order valence-corrected chi connectivity index (χ2v) is 5.08. The molecule has 0 fully saturated rings. The number of benzene rings is 1. The second kappa shape index (κ2) is 8.02. The molecule has 1 aromatic carbocycles. The van der Waals surface area contributed by atoms with Gasteiger partial charge in [-0.15, -0.1) is 0 Å². The van der Waals surface area contributed by atoms with E-state index in [1.54, 1.807) is 41.2 Å². The molecule has 0 radical (unpaired) electrons. The molecule has 2 rings (SSSR count). The van der Waals surface area contributed by atoms with Crippen LogP contribution in [-0.2, 0) is 6.54 Å². The Labute approximate surface area is 141 Å². The zero-order chi connectivity index (χ0) is 14.5. The third-order valence-corrected chi connectivity index (χ3v) is 3.31. The van der Waals surface area contributed by atoms with Gasteiger partial charge in [0.25, 0.3) is 5.91 Å². The fourth-order valence-corrected chi connectivity index (χ4v) is 1.95. The van der Waals surface area contributed by atoms with Gasteiger partial charge in [0.05, 0.1) is 5.56 Å². The minimum Gasteiger partial charge on any atom is -1.00 e. The molecule has 0 aliphatic rings. The predicted octanol–water partition coefficient (Wildman–Crippen LogP) is -1.77. The smallest absolute Gasteiger partial charge is 0.265 e. The maximum absolute atomic E-state index is 12.1. The van der Waals surface area contributed by atoms with E-state index in [0.29, 0.717) is 11.1 Å². The first-order chi connectivity index (χ1) is 9.60. The Morgan fingerprint density at radius 3 is 2.14 bits per heavy atom. The van der Waals surface area contributed by atoms with E-state index in [1.807, 2.05) is 12.1 Å². The number of nitrogens with zero attached hydrogens (tertiary/aromatic N) is 1. The van der Waals surface area contributed by atoms with Crippen molar-refractivity contribution >= 4 is 27.6 Å². The molecule has 0 atom stereocenters. The van der Waals surface area contributed by atoms with E-state index in [-0.39, 0.29) is 35.2 Å². The first-order valence-electron chi connectivity index (χ1n) is 5.89. The van der Waals surface area contributed by atoms with Crippen LogP contribution in [0.25, 0.3) is 0 Å². The zero-order valence-electron chi connectivity index (χ0n) is 10.9. The van der Waals surface area contributed by atoms with Gasteiger partial charge in [0, 0.05) is 22.2 Å². The Morgan fingerprint density at radius 1 is 1.05 bits per heavy atom. The summed E-state index contributed by atoms with van der Waals surface area (Å²) in [6, 6.07) is 10.4. The molecule has 21 heavy (non-hydrogen) atoms. The Bertz CT molecular complexity index is 628. The van der Waals surface area contributed by atoms with Crippen LogP contribution in [0.3, 0.4) is 0 Å². The number of aromatic nitrogens is 1. The molecule has 0 aliphatic carbocycles. The van der Waals surface area contributed by atoms with E-state index >= 15 is 0 Å². The van der Waals surface area contributed by atoms with Gasteiger partial charge < -0.3 is 17.0 Å². The lowest BCUT2D eigenvalue weighted by Crippen LogP contribution is -3.00. The average Bonchev–Trinajstić information content (AvgIpc) is 2.48. The van der Waals surface area contributed by atoms with Crippen molar-refractivity contribution in [3.63, 3.8) is 0 Å². The minimum absolute atomic E-state index is 0. The van der Waals surface area contributed by atoms with Crippen LogP contribution >= 0.6 is 15.9 Å². The summed E-state index contributed by atoms with van der Waals surface area (Å²) in [5.41, 5.74) is 3.14. The van der Waals surface area contributed by atoms with Crippen molar-refractivity contribution < 1.29 is 31.1 Å². The summed E-state index contributed by atoms with van der Waals surface area (Å²) in [7, 11) is 0. The highest BCUT2D eigenvalue weighted by Crippen LogP contribution is 2.10.